The van der Waals surface area contributed by atoms with Gasteiger partial charge in [0.2, 0.25) is 0 Å². The highest BCUT2D eigenvalue weighted by Crippen LogP contribution is 2.34. The van der Waals surface area contributed by atoms with Crippen LogP contribution in [0.1, 0.15) is 30.0 Å². The molecule has 0 bridgehead atoms. The van der Waals surface area contributed by atoms with E-state index in [0.29, 0.717) is 5.92 Å². The summed E-state index contributed by atoms with van der Waals surface area (Å²) < 4.78 is 12.8. The molecule has 0 aliphatic carbocycles. The van der Waals surface area contributed by atoms with Crippen LogP contribution in [0.15, 0.2) is 30.6 Å². The molecular weight excluding hydrogens is 342 g/mol. The summed E-state index contributed by atoms with van der Waals surface area (Å²) in [5, 5.41) is 4.71. The fraction of sp³-hybridized carbons (Fsp3) is 0.450. The van der Waals surface area contributed by atoms with Gasteiger partial charge in [-0.25, -0.2) is 14.6 Å². The molecule has 1 aliphatic rings. The fourth-order valence-electron chi connectivity index (χ4n) is 3.96. The van der Waals surface area contributed by atoms with Crippen molar-refractivity contribution < 1.29 is 9.47 Å². The SMILES string of the molecule is COc1cccc(CN2CCC(c3nn(C)c4nccnc34)CC2)c1OC. The van der Waals surface area contributed by atoms with Crippen LogP contribution >= 0.6 is 0 Å². The van der Waals surface area contributed by atoms with Crippen LogP contribution in [0.3, 0.4) is 0 Å². The lowest BCUT2D eigenvalue weighted by Gasteiger charge is -2.31. The van der Waals surface area contributed by atoms with Crippen molar-refractivity contribution in [3.8, 4) is 11.5 Å². The van der Waals surface area contributed by atoms with Crippen molar-refractivity contribution in [2.75, 3.05) is 27.3 Å². The van der Waals surface area contributed by atoms with Gasteiger partial charge in [-0.3, -0.25) is 4.90 Å². The summed E-state index contributed by atoms with van der Waals surface area (Å²) in [5.41, 5.74) is 4.03. The maximum atomic E-state index is 5.57. The second-order valence-electron chi connectivity index (χ2n) is 6.94. The number of nitrogens with zero attached hydrogens (tertiary/aromatic N) is 5. The predicted molar refractivity (Wildman–Crippen MR) is 103 cm³/mol. The first-order chi connectivity index (χ1) is 13.2. The lowest BCUT2D eigenvalue weighted by molar-refractivity contribution is 0.200. The Bertz CT molecular complexity index is 931. The van der Waals surface area contributed by atoms with E-state index in [2.05, 4.69) is 20.9 Å². The molecule has 1 aromatic carbocycles. The van der Waals surface area contributed by atoms with Gasteiger partial charge in [-0.15, -0.1) is 0 Å². The Kier molecular flexibility index (Phi) is 4.94. The van der Waals surface area contributed by atoms with Crippen molar-refractivity contribution >= 4 is 11.2 Å². The summed E-state index contributed by atoms with van der Waals surface area (Å²) in [5.74, 6) is 2.03. The van der Waals surface area contributed by atoms with Gasteiger partial charge in [0, 0.05) is 37.5 Å². The monoisotopic (exact) mass is 367 g/mol. The number of fused-ring (bicyclic) bond motifs is 1. The van der Waals surface area contributed by atoms with Crippen molar-refractivity contribution in [1.29, 1.82) is 0 Å². The van der Waals surface area contributed by atoms with Crippen LogP contribution < -0.4 is 9.47 Å². The molecule has 2 aromatic heterocycles. The van der Waals surface area contributed by atoms with E-state index in [-0.39, 0.29) is 0 Å². The van der Waals surface area contributed by atoms with Crippen molar-refractivity contribution in [1.82, 2.24) is 24.6 Å². The number of aromatic nitrogens is 4. The van der Waals surface area contributed by atoms with E-state index in [4.69, 9.17) is 14.6 Å². The number of aryl methyl sites for hydroxylation is 1. The molecular formula is C20H25N5O2. The van der Waals surface area contributed by atoms with Crippen molar-refractivity contribution in [2.45, 2.75) is 25.3 Å². The molecule has 0 saturated carbocycles. The van der Waals surface area contributed by atoms with E-state index in [1.807, 2.05) is 23.9 Å². The van der Waals surface area contributed by atoms with Crippen LogP contribution in [0.25, 0.3) is 11.2 Å². The number of methoxy groups -OCH3 is 2. The van der Waals surface area contributed by atoms with Gasteiger partial charge >= 0.3 is 0 Å². The molecule has 3 aromatic rings. The minimum Gasteiger partial charge on any atom is -0.493 e. The quantitative estimate of drug-likeness (QED) is 0.691. The highest BCUT2D eigenvalue weighted by molar-refractivity contribution is 5.73. The molecule has 0 radical (unpaired) electrons. The van der Waals surface area contributed by atoms with E-state index in [0.717, 1.165) is 66.4 Å². The van der Waals surface area contributed by atoms with Gasteiger partial charge in [0.15, 0.2) is 17.1 Å². The van der Waals surface area contributed by atoms with E-state index in [1.165, 1.54) is 0 Å². The number of rotatable bonds is 5. The Labute approximate surface area is 158 Å². The topological polar surface area (TPSA) is 65.3 Å². The molecule has 3 heterocycles. The third-order valence-electron chi connectivity index (χ3n) is 5.34. The lowest BCUT2D eigenvalue weighted by Crippen LogP contribution is -2.32. The van der Waals surface area contributed by atoms with Gasteiger partial charge < -0.3 is 9.47 Å². The number of ether oxygens (including phenoxy) is 2. The van der Waals surface area contributed by atoms with Crippen LogP contribution in [0.5, 0.6) is 11.5 Å². The molecule has 142 valence electrons. The number of piperidine rings is 1. The summed E-state index contributed by atoms with van der Waals surface area (Å²) >= 11 is 0. The molecule has 0 amide bonds. The average molecular weight is 367 g/mol. The van der Waals surface area contributed by atoms with Crippen LogP contribution in [0.2, 0.25) is 0 Å². The Balaban J connectivity index is 1.47. The molecule has 0 N–H and O–H groups in total. The standard InChI is InChI=1S/C20H25N5O2/c1-24-20-18(21-9-10-22-20)17(23-24)14-7-11-25(12-8-14)13-15-5-4-6-16(26-2)19(15)27-3/h4-6,9-10,14H,7-8,11-13H2,1-3H3. The first-order valence-corrected chi connectivity index (χ1v) is 9.27. The molecule has 27 heavy (non-hydrogen) atoms. The third kappa shape index (κ3) is 3.35. The molecule has 1 fully saturated rings. The van der Waals surface area contributed by atoms with Crippen LogP contribution in [0.4, 0.5) is 0 Å². The predicted octanol–water partition coefficient (Wildman–Crippen LogP) is 2.76. The van der Waals surface area contributed by atoms with Crippen LogP contribution in [-0.4, -0.2) is 52.0 Å². The van der Waals surface area contributed by atoms with E-state index in [9.17, 15) is 0 Å². The molecule has 1 aliphatic heterocycles. The normalized spacial score (nSPS) is 16.0. The second kappa shape index (κ2) is 7.52. The summed E-state index contributed by atoms with van der Waals surface area (Å²) in [7, 11) is 5.30. The number of hydrogen-bond donors (Lipinski definition) is 0. The third-order valence-corrected chi connectivity index (χ3v) is 5.34. The maximum absolute atomic E-state index is 5.57. The van der Waals surface area contributed by atoms with Gasteiger partial charge in [0.1, 0.15) is 5.52 Å². The van der Waals surface area contributed by atoms with Gasteiger partial charge in [0.25, 0.3) is 0 Å². The van der Waals surface area contributed by atoms with Gasteiger partial charge in [-0.1, -0.05) is 12.1 Å². The Morgan fingerprint density at radius 2 is 1.85 bits per heavy atom. The first-order valence-electron chi connectivity index (χ1n) is 9.27. The van der Waals surface area contributed by atoms with E-state index >= 15 is 0 Å². The Hall–Kier alpha value is -2.67. The van der Waals surface area contributed by atoms with Crippen molar-refractivity contribution in [3.63, 3.8) is 0 Å². The Morgan fingerprint density at radius 1 is 1.07 bits per heavy atom. The van der Waals surface area contributed by atoms with Crippen molar-refractivity contribution in [2.24, 2.45) is 7.05 Å². The number of para-hydroxylation sites is 1. The Morgan fingerprint density at radius 3 is 2.59 bits per heavy atom. The van der Waals surface area contributed by atoms with Gasteiger partial charge in [-0.2, -0.15) is 5.10 Å². The number of benzene rings is 1. The smallest absolute Gasteiger partial charge is 0.176 e. The van der Waals surface area contributed by atoms with Gasteiger partial charge in [0.05, 0.1) is 19.9 Å². The van der Waals surface area contributed by atoms with Crippen molar-refractivity contribution in [3.05, 3.63) is 41.9 Å². The number of likely N-dealkylation sites (tertiary alicyclic amines) is 1. The molecule has 7 nitrogen and oxygen atoms in total. The summed E-state index contributed by atoms with van der Waals surface area (Å²) in [6.07, 6.45) is 5.60. The summed E-state index contributed by atoms with van der Waals surface area (Å²) in [6.45, 7) is 2.89. The zero-order chi connectivity index (χ0) is 18.8. The lowest BCUT2D eigenvalue weighted by atomic mass is 9.93. The average Bonchev–Trinajstić information content (AvgIpc) is 3.05. The number of hydrogen-bond acceptors (Lipinski definition) is 6. The minimum atomic E-state index is 0.425. The molecule has 0 atom stereocenters. The summed E-state index contributed by atoms with van der Waals surface area (Å²) in [4.78, 5) is 11.4. The molecule has 1 saturated heterocycles. The molecule has 0 spiro atoms. The zero-order valence-corrected chi connectivity index (χ0v) is 16.1. The molecule has 7 heteroatoms. The fourth-order valence-corrected chi connectivity index (χ4v) is 3.96. The molecule has 0 unspecified atom stereocenters. The first kappa shape index (κ1) is 17.7. The van der Waals surface area contributed by atoms with Crippen LogP contribution in [0, 0.1) is 0 Å². The zero-order valence-electron chi connectivity index (χ0n) is 16.1. The molecule has 4 rings (SSSR count). The maximum Gasteiger partial charge on any atom is 0.176 e. The minimum absolute atomic E-state index is 0.425. The van der Waals surface area contributed by atoms with Crippen LogP contribution in [-0.2, 0) is 13.6 Å². The second-order valence-corrected chi connectivity index (χ2v) is 6.94. The largest absolute Gasteiger partial charge is 0.493 e. The van der Waals surface area contributed by atoms with E-state index < -0.39 is 0 Å². The van der Waals surface area contributed by atoms with E-state index in [1.54, 1.807) is 26.6 Å². The highest BCUT2D eigenvalue weighted by Gasteiger charge is 2.26. The highest BCUT2D eigenvalue weighted by atomic mass is 16.5. The summed E-state index contributed by atoms with van der Waals surface area (Å²) in [6, 6.07) is 6.05. The van der Waals surface area contributed by atoms with Gasteiger partial charge in [-0.05, 0) is 32.0 Å².